The Labute approximate surface area is 111 Å². The minimum atomic E-state index is -0.464. The van der Waals surface area contributed by atoms with Gasteiger partial charge in [-0.15, -0.1) is 0 Å². The van der Waals surface area contributed by atoms with Crippen LogP contribution >= 0.6 is 0 Å². The number of furan rings is 1. The maximum atomic E-state index is 12.0. The summed E-state index contributed by atoms with van der Waals surface area (Å²) >= 11 is 0. The van der Waals surface area contributed by atoms with Crippen LogP contribution in [0, 0.1) is 20.8 Å². The van der Waals surface area contributed by atoms with Crippen LogP contribution in [-0.2, 0) is 9.53 Å². The molecule has 1 atom stereocenters. The first-order chi connectivity index (χ1) is 9.00. The smallest absolute Gasteiger partial charge is 0.273 e. The van der Waals surface area contributed by atoms with Crippen molar-refractivity contribution in [2.45, 2.75) is 39.7 Å². The molecule has 0 aliphatic carbocycles. The van der Waals surface area contributed by atoms with Crippen LogP contribution in [0.3, 0.4) is 0 Å². The zero-order valence-electron chi connectivity index (χ0n) is 11.3. The lowest BCUT2D eigenvalue weighted by Crippen LogP contribution is -2.46. The summed E-state index contributed by atoms with van der Waals surface area (Å²) in [6.07, 6.45) is 1.09. The van der Waals surface area contributed by atoms with Crippen LogP contribution in [-0.4, -0.2) is 24.5 Å². The van der Waals surface area contributed by atoms with Gasteiger partial charge in [-0.05, 0) is 33.6 Å². The Bertz CT molecular complexity index is 501. The van der Waals surface area contributed by atoms with E-state index in [0.29, 0.717) is 30.1 Å². The van der Waals surface area contributed by atoms with Gasteiger partial charge in [-0.1, -0.05) is 0 Å². The summed E-state index contributed by atoms with van der Waals surface area (Å²) in [5.41, 5.74) is 6.02. The Kier molecular flexibility index (Phi) is 3.90. The Balaban J connectivity index is 1.95. The van der Waals surface area contributed by atoms with Crippen molar-refractivity contribution in [3.63, 3.8) is 0 Å². The fourth-order valence-corrected chi connectivity index (χ4v) is 2.17. The van der Waals surface area contributed by atoms with E-state index in [4.69, 9.17) is 9.15 Å². The number of hydrogen-bond acceptors (Lipinski definition) is 4. The van der Waals surface area contributed by atoms with Crippen molar-refractivity contribution in [1.29, 1.82) is 0 Å². The summed E-state index contributed by atoms with van der Waals surface area (Å²) in [4.78, 5) is 23.7. The van der Waals surface area contributed by atoms with Crippen molar-refractivity contribution in [3.05, 3.63) is 22.6 Å². The third-order valence-corrected chi connectivity index (χ3v) is 3.31. The molecular formula is C13H18N2O4. The fraction of sp³-hybridized carbons (Fsp3) is 0.538. The van der Waals surface area contributed by atoms with E-state index in [1.54, 1.807) is 13.8 Å². The molecule has 1 fully saturated rings. The van der Waals surface area contributed by atoms with Crippen LogP contribution in [0.2, 0.25) is 0 Å². The van der Waals surface area contributed by atoms with Crippen molar-refractivity contribution in [2.24, 2.45) is 0 Å². The van der Waals surface area contributed by atoms with E-state index in [1.165, 1.54) is 0 Å². The highest BCUT2D eigenvalue weighted by atomic mass is 16.5. The van der Waals surface area contributed by atoms with Crippen LogP contribution < -0.4 is 10.9 Å². The number of carbonyl (C=O) groups excluding carboxylic acids is 2. The van der Waals surface area contributed by atoms with Crippen molar-refractivity contribution in [2.75, 3.05) is 6.61 Å². The fourth-order valence-electron chi connectivity index (χ4n) is 2.17. The lowest BCUT2D eigenvalue weighted by atomic mass is 10.1. The van der Waals surface area contributed by atoms with Gasteiger partial charge in [0.05, 0.1) is 5.56 Å². The second-order valence-corrected chi connectivity index (χ2v) is 4.66. The molecule has 1 aromatic heterocycles. The first-order valence-electron chi connectivity index (χ1n) is 6.29. The average molecular weight is 266 g/mol. The second-order valence-electron chi connectivity index (χ2n) is 4.66. The maximum absolute atomic E-state index is 12.0. The molecule has 1 saturated heterocycles. The van der Waals surface area contributed by atoms with Crippen molar-refractivity contribution < 1.29 is 18.7 Å². The molecule has 0 aromatic carbocycles. The van der Waals surface area contributed by atoms with Gasteiger partial charge in [0, 0.05) is 12.2 Å². The summed E-state index contributed by atoms with van der Waals surface area (Å²) in [6, 6.07) is 0. The van der Waals surface area contributed by atoms with Gasteiger partial charge in [0.25, 0.3) is 11.8 Å². The molecule has 6 heteroatoms. The number of nitrogens with one attached hydrogen (secondary N) is 2. The second kappa shape index (κ2) is 5.44. The molecule has 1 unspecified atom stereocenters. The molecule has 0 bridgehead atoms. The monoisotopic (exact) mass is 266 g/mol. The quantitative estimate of drug-likeness (QED) is 0.787. The van der Waals surface area contributed by atoms with E-state index in [1.807, 2.05) is 6.92 Å². The van der Waals surface area contributed by atoms with Gasteiger partial charge in [-0.2, -0.15) is 0 Å². The van der Waals surface area contributed by atoms with Crippen LogP contribution in [0.4, 0.5) is 0 Å². The molecule has 0 spiro atoms. The van der Waals surface area contributed by atoms with Crippen molar-refractivity contribution in [3.8, 4) is 0 Å². The van der Waals surface area contributed by atoms with E-state index in [2.05, 4.69) is 10.9 Å². The highest BCUT2D eigenvalue weighted by Crippen LogP contribution is 2.20. The number of ether oxygens (including phenoxy) is 1. The molecule has 2 heterocycles. The zero-order valence-corrected chi connectivity index (χ0v) is 11.3. The molecule has 104 valence electrons. The number of aryl methyl sites for hydroxylation is 2. The summed E-state index contributed by atoms with van der Waals surface area (Å²) in [5.74, 6) is 0.548. The van der Waals surface area contributed by atoms with E-state index >= 15 is 0 Å². The normalized spacial score (nSPS) is 18.4. The lowest BCUT2D eigenvalue weighted by Gasteiger charge is -2.11. The first kappa shape index (κ1) is 13.6. The highest BCUT2D eigenvalue weighted by molar-refractivity contribution is 5.98. The van der Waals surface area contributed by atoms with Crippen LogP contribution in [0.15, 0.2) is 4.42 Å². The van der Waals surface area contributed by atoms with Crippen molar-refractivity contribution in [1.82, 2.24) is 10.9 Å². The van der Waals surface area contributed by atoms with Gasteiger partial charge in [-0.3, -0.25) is 20.4 Å². The first-order valence-corrected chi connectivity index (χ1v) is 6.29. The predicted molar refractivity (Wildman–Crippen MR) is 67.5 cm³/mol. The maximum Gasteiger partial charge on any atom is 0.273 e. The standard InChI is InChI=1S/C13H18N2O4/c1-7-8(2)19-9(3)11(7)13(17)15-14-12(16)10-5-4-6-18-10/h10H,4-6H2,1-3H3,(H,14,16)(H,15,17). The molecule has 1 aliphatic heterocycles. The summed E-state index contributed by atoms with van der Waals surface area (Å²) in [6.45, 7) is 5.91. The number of amides is 2. The molecule has 0 radical (unpaired) electrons. The van der Waals surface area contributed by atoms with Gasteiger partial charge in [0.2, 0.25) is 0 Å². The largest absolute Gasteiger partial charge is 0.466 e. The molecule has 1 aliphatic rings. The number of hydrazine groups is 1. The Morgan fingerprint density at radius 1 is 1.16 bits per heavy atom. The van der Waals surface area contributed by atoms with Crippen LogP contribution in [0.25, 0.3) is 0 Å². The number of carbonyl (C=O) groups is 2. The summed E-state index contributed by atoms with van der Waals surface area (Å²) in [7, 11) is 0. The SMILES string of the molecule is Cc1oc(C)c(C(=O)NNC(=O)C2CCCO2)c1C. The molecule has 6 nitrogen and oxygen atoms in total. The van der Waals surface area contributed by atoms with E-state index < -0.39 is 6.10 Å². The number of hydrogen-bond donors (Lipinski definition) is 2. The molecule has 2 rings (SSSR count). The Hall–Kier alpha value is -1.82. The highest BCUT2D eigenvalue weighted by Gasteiger charge is 2.25. The minimum Gasteiger partial charge on any atom is -0.466 e. The minimum absolute atomic E-state index is 0.318. The predicted octanol–water partition coefficient (Wildman–Crippen LogP) is 1.14. The van der Waals surface area contributed by atoms with Crippen molar-refractivity contribution >= 4 is 11.8 Å². The summed E-state index contributed by atoms with van der Waals surface area (Å²) < 4.78 is 10.6. The topological polar surface area (TPSA) is 80.6 Å². The van der Waals surface area contributed by atoms with Gasteiger partial charge in [0.1, 0.15) is 17.6 Å². The van der Waals surface area contributed by atoms with E-state index in [0.717, 1.165) is 12.0 Å². The summed E-state index contributed by atoms with van der Waals surface area (Å²) in [5, 5.41) is 0. The average Bonchev–Trinajstić information content (AvgIpc) is 2.96. The molecule has 0 saturated carbocycles. The third-order valence-electron chi connectivity index (χ3n) is 3.31. The lowest BCUT2D eigenvalue weighted by molar-refractivity contribution is -0.130. The third kappa shape index (κ3) is 2.78. The van der Waals surface area contributed by atoms with Gasteiger partial charge < -0.3 is 9.15 Å². The van der Waals surface area contributed by atoms with Gasteiger partial charge in [-0.25, -0.2) is 0 Å². The molecular weight excluding hydrogens is 248 g/mol. The van der Waals surface area contributed by atoms with Gasteiger partial charge in [0.15, 0.2) is 0 Å². The molecule has 1 aromatic rings. The number of rotatable bonds is 2. The van der Waals surface area contributed by atoms with Crippen LogP contribution in [0.5, 0.6) is 0 Å². The van der Waals surface area contributed by atoms with E-state index in [9.17, 15) is 9.59 Å². The van der Waals surface area contributed by atoms with Gasteiger partial charge >= 0.3 is 0 Å². The molecule has 19 heavy (non-hydrogen) atoms. The Morgan fingerprint density at radius 2 is 1.89 bits per heavy atom. The Morgan fingerprint density at radius 3 is 2.42 bits per heavy atom. The molecule has 2 N–H and O–H groups in total. The molecule has 2 amide bonds. The zero-order chi connectivity index (χ0) is 14.0. The van der Waals surface area contributed by atoms with E-state index in [-0.39, 0.29) is 11.8 Å². The van der Waals surface area contributed by atoms with Crippen LogP contribution in [0.1, 0.15) is 40.3 Å².